The van der Waals surface area contributed by atoms with Crippen LogP contribution in [0.15, 0.2) is 11.6 Å². The SMILES string of the molecule is CCOC(=O)C1C[C@H]2[C@@H]3CC=C4C[C@@H](O)CC[C@]4(C)[C@H]3CC[C@]2(C)[C@H]1[C@H](C)CCCC(C)C.CNC. The minimum Gasteiger partial charge on any atom is -0.466 e. The lowest BCUT2D eigenvalue weighted by molar-refractivity contribution is -0.151. The van der Waals surface area contributed by atoms with E-state index in [1.54, 1.807) is 0 Å². The van der Waals surface area contributed by atoms with E-state index < -0.39 is 0 Å². The molecule has 36 heavy (non-hydrogen) atoms. The van der Waals surface area contributed by atoms with E-state index in [-0.39, 0.29) is 28.8 Å². The fraction of sp³-hybridized carbons (Fsp3) is 0.906. The second-order valence-corrected chi connectivity index (χ2v) is 13.6. The minimum absolute atomic E-state index is 0.0686. The maximum atomic E-state index is 13.3. The second kappa shape index (κ2) is 12.3. The highest BCUT2D eigenvalue weighted by atomic mass is 16.5. The highest BCUT2D eigenvalue weighted by Gasteiger charge is 2.63. The molecule has 4 heteroatoms. The fourth-order valence-corrected chi connectivity index (χ4v) is 9.29. The molecule has 2 N–H and O–H groups in total. The molecule has 0 aliphatic heterocycles. The van der Waals surface area contributed by atoms with Crippen molar-refractivity contribution in [2.24, 2.45) is 52.3 Å². The summed E-state index contributed by atoms with van der Waals surface area (Å²) in [4.78, 5) is 13.3. The second-order valence-electron chi connectivity index (χ2n) is 13.6. The van der Waals surface area contributed by atoms with E-state index in [1.165, 1.54) is 37.7 Å². The van der Waals surface area contributed by atoms with Crippen molar-refractivity contribution < 1.29 is 14.6 Å². The molecule has 9 atom stereocenters. The van der Waals surface area contributed by atoms with E-state index in [0.717, 1.165) is 38.0 Å². The highest BCUT2D eigenvalue weighted by Crippen LogP contribution is 2.68. The van der Waals surface area contributed by atoms with Crippen molar-refractivity contribution in [1.82, 2.24) is 5.32 Å². The molecule has 0 radical (unpaired) electrons. The first kappa shape index (κ1) is 29.7. The summed E-state index contributed by atoms with van der Waals surface area (Å²) in [6.45, 7) is 14.5. The molecule has 3 fully saturated rings. The van der Waals surface area contributed by atoms with Crippen molar-refractivity contribution in [3.05, 3.63) is 11.6 Å². The van der Waals surface area contributed by atoms with Crippen LogP contribution in [0, 0.1) is 52.3 Å². The van der Waals surface area contributed by atoms with Gasteiger partial charge in [0.05, 0.1) is 18.6 Å². The minimum atomic E-state index is -0.148. The summed E-state index contributed by atoms with van der Waals surface area (Å²) in [6, 6.07) is 0. The molecule has 0 heterocycles. The number of carbonyl (C=O) groups is 1. The first-order valence-corrected chi connectivity index (χ1v) is 15.2. The average Bonchev–Trinajstić information content (AvgIpc) is 3.13. The van der Waals surface area contributed by atoms with Gasteiger partial charge in [0.25, 0.3) is 0 Å². The number of esters is 1. The van der Waals surface area contributed by atoms with Crippen LogP contribution < -0.4 is 5.32 Å². The van der Waals surface area contributed by atoms with Gasteiger partial charge in [0.15, 0.2) is 0 Å². The van der Waals surface area contributed by atoms with Gasteiger partial charge in [0.1, 0.15) is 0 Å². The number of rotatable bonds is 7. The van der Waals surface area contributed by atoms with E-state index in [0.29, 0.717) is 36.2 Å². The van der Waals surface area contributed by atoms with Gasteiger partial charge < -0.3 is 15.2 Å². The van der Waals surface area contributed by atoms with Crippen molar-refractivity contribution >= 4 is 5.97 Å². The average molecular weight is 504 g/mol. The van der Waals surface area contributed by atoms with Crippen LogP contribution in [0.1, 0.15) is 106 Å². The van der Waals surface area contributed by atoms with Gasteiger partial charge in [0.2, 0.25) is 0 Å². The third kappa shape index (κ3) is 5.75. The van der Waals surface area contributed by atoms with Crippen molar-refractivity contribution in [3.8, 4) is 0 Å². The Kier molecular flexibility index (Phi) is 10.2. The van der Waals surface area contributed by atoms with Gasteiger partial charge in [-0.25, -0.2) is 0 Å². The number of hydrogen-bond acceptors (Lipinski definition) is 4. The molecule has 3 saturated carbocycles. The van der Waals surface area contributed by atoms with E-state index in [4.69, 9.17) is 4.74 Å². The molecule has 4 nitrogen and oxygen atoms in total. The Hall–Kier alpha value is -0.870. The molecule has 0 aromatic rings. The molecule has 4 aliphatic rings. The Balaban J connectivity index is 0.00000115. The maximum absolute atomic E-state index is 13.3. The predicted molar refractivity (Wildman–Crippen MR) is 150 cm³/mol. The molecule has 0 amide bonds. The van der Waals surface area contributed by atoms with Gasteiger partial charge in [-0.1, -0.05) is 65.5 Å². The normalized spacial score (nSPS) is 40.2. The number of allylic oxidation sites excluding steroid dienone is 1. The van der Waals surface area contributed by atoms with Gasteiger partial charge in [-0.3, -0.25) is 4.79 Å². The van der Waals surface area contributed by atoms with Crippen LogP contribution in [0.25, 0.3) is 0 Å². The zero-order chi connectivity index (χ0) is 26.7. The molecular formula is C32H57NO3. The summed E-state index contributed by atoms with van der Waals surface area (Å²) in [6.07, 6.45) is 13.8. The van der Waals surface area contributed by atoms with Crippen LogP contribution in [0.4, 0.5) is 0 Å². The Bertz CT molecular complexity index is 762. The van der Waals surface area contributed by atoms with Crippen LogP contribution in [0.2, 0.25) is 0 Å². The lowest BCUT2D eigenvalue weighted by atomic mass is 9.47. The first-order valence-electron chi connectivity index (χ1n) is 15.2. The molecule has 4 rings (SSSR count). The quantitative estimate of drug-likeness (QED) is 0.290. The van der Waals surface area contributed by atoms with Gasteiger partial charge in [0, 0.05) is 0 Å². The molecule has 0 bridgehead atoms. The summed E-state index contributed by atoms with van der Waals surface area (Å²) in [5, 5.41) is 13.1. The number of nitrogens with one attached hydrogen (secondary N) is 1. The summed E-state index contributed by atoms with van der Waals surface area (Å²) in [5.41, 5.74) is 2.03. The summed E-state index contributed by atoms with van der Waals surface area (Å²) in [5.74, 6) is 3.91. The van der Waals surface area contributed by atoms with Gasteiger partial charge in [-0.05, 0) is 112 Å². The molecule has 208 valence electrons. The third-order valence-corrected chi connectivity index (χ3v) is 10.9. The lowest BCUT2D eigenvalue weighted by Crippen LogP contribution is -2.51. The number of aliphatic hydroxyl groups is 1. The predicted octanol–water partition coefficient (Wildman–Crippen LogP) is 7.01. The zero-order valence-electron chi connectivity index (χ0n) is 24.7. The van der Waals surface area contributed by atoms with Gasteiger partial charge in [-0.15, -0.1) is 0 Å². The maximum Gasteiger partial charge on any atom is 0.309 e. The van der Waals surface area contributed by atoms with Crippen LogP contribution in [0.3, 0.4) is 0 Å². The Morgan fingerprint density at radius 1 is 1.14 bits per heavy atom. The number of ether oxygens (including phenoxy) is 1. The largest absolute Gasteiger partial charge is 0.466 e. The molecule has 0 saturated heterocycles. The van der Waals surface area contributed by atoms with E-state index in [9.17, 15) is 9.90 Å². The van der Waals surface area contributed by atoms with Crippen LogP contribution in [-0.2, 0) is 9.53 Å². The number of fused-ring (bicyclic) bond motifs is 5. The summed E-state index contributed by atoms with van der Waals surface area (Å²) in [7, 11) is 3.75. The first-order chi connectivity index (χ1) is 17.0. The molecule has 4 aliphatic carbocycles. The smallest absolute Gasteiger partial charge is 0.309 e. The number of carbonyl (C=O) groups excluding carboxylic acids is 1. The number of hydrogen-bond donors (Lipinski definition) is 2. The summed E-state index contributed by atoms with van der Waals surface area (Å²) >= 11 is 0. The highest BCUT2D eigenvalue weighted by molar-refractivity contribution is 5.73. The van der Waals surface area contributed by atoms with Crippen LogP contribution in [-0.4, -0.2) is 37.9 Å². The fourth-order valence-electron chi connectivity index (χ4n) is 9.29. The van der Waals surface area contributed by atoms with Crippen molar-refractivity contribution in [3.63, 3.8) is 0 Å². The Morgan fingerprint density at radius 2 is 1.83 bits per heavy atom. The molecule has 0 aromatic carbocycles. The molecule has 0 aromatic heterocycles. The molecule has 1 unspecified atom stereocenters. The van der Waals surface area contributed by atoms with Crippen LogP contribution >= 0.6 is 0 Å². The monoisotopic (exact) mass is 503 g/mol. The van der Waals surface area contributed by atoms with E-state index >= 15 is 0 Å². The Morgan fingerprint density at radius 3 is 2.47 bits per heavy atom. The molecular weight excluding hydrogens is 446 g/mol. The van der Waals surface area contributed by atoms with E-state index in [2.05, 4.69) is 46.0 Å². The summed E-state index contributed by atoms with van der Waals surface area (Å²) < 4.78 is 5.67. The Labute approximate surface area is 222 Å². The molecule has 0 spiro atoms. The topological polar surface area (TPSA) is 58.6 Å². The van der Waals surface area contributed by atoms with Crippen LogP contribution in [0.5, 0.6) is 0 Å². The van der Waals surface area contributed by atoms with Crippen molar-refractivity contribution in [2.45, 2.75) is 112 Å². The lowest BCUT2D eigenvalue weighted by Gasteiger charge is -2.58. The van der Waals surface area contributed by atoms with Crippen molar-refractivity contribution in [1.29, 1.82) is 0 Å². The third-order valence-electron chi connectivity index (χ3n) is 10.9. The van der Waals surface area contributed by atoms with Gasteiger partial charge in [-0.2, -0.15) is 0 Å². The van der Waals surface area contributed by atoms with Gasteiger partial charge >= 0.3 is 5.97 Å². The number of aliphatic hydroxyl groups excluding tert-OH is 1. The van der Waals surface area contributed by atoms with E-state index in [1.807, 2.05) is 21.0 Å². The zero-order valence-corrected chi connectivity index (χ0v) is 24.7. The standard InChI is InChI=1S/C30H50O3.C2H7N/c1-7-33-28(32)24-18-26-23-12-11-21-17-22(31)13-15-29(21,5)25(23)14-16-30(26,6)27(24)20(4)10-8-9-19(2)3;1-3-2/h11,19-20,22-27,31H,7-10,12-18H2,1-6H3;3H,1-2H3/t20-,22+,23-,24?,25+,26+,27+,29+,30+;/m1./s1. The van der Waals surface area contributed by atoms with Crippen molar-refractivity contribution in [2.75, 3.05) is 20.7 Å².